The van der Waals surface area contributed by atoms with Gasteiger partial charge in [-0.15, -0.1) is 0 Å². The van der Waals surface area contributed by atoms with E-state index in [1.165, 1.54) is 12.3 Å². The Labute approximate surface area is 116 Å². The fourth-order valence-electron chi connectivity index (χ4n) is 1.68. The molecule has 0 aliphatic heterocycles. The number of nitrogens with one attached hydrogen (secondary N) is 1. The van der Waals surface area contributed by atoms with E-state index in [-0.39, 0.29) is 11.3 Å². The number of halogens is 4. The number of pyridine rings is 2. The Kier molecular flexibility index (Phi) is 3.88. The normalized spacial score (nSPS) is 11.3. The Morgan fingerprint density at radius 2 is 1.95 bits per heavy atom. The number of aromatic nitrogens is 2. The number of amides is 1. The summed E-state index contributed by atoms with van der Waals surface area (Å²) >= 11 is 0. The molecule has 0 aliphatic rings. The van der Waals surface area contributed by atoms with Crippen LogP contribution in [0.25, 0.3) is 11.3 Å². The molecule has 4 nitrogen and oxygen atoms in total. The van der Waals surface area contributed by atoms with E-state index < -0.39 is 29.3 Å². The van der Waals surface area contributed by atoms with Gasteiger partial charge in [0.25, 0.3) is 0 Å². The molecule has 2 rings (SSSR count). The second kappa shape index (κ2) is 5.47. The van der Waals surface area contributed by atoms with Gasteiger partial charge in [-0.3, -0.25) is 9.78 Å². The van der Waals surface area contributed by atoms with Crippen LogP contribution in [0.5, 0.6) is 0 Å². The van der Waals surface area contributed by atoms with Gasteiger partial charge in [0.15, 0.2) is 5.69 Å². The van der Waals surface area contributed by atoms with E-state index in [1.54, 1.807) is 0 Å². The molecule has 1 amide bonds. The lowest BCUT2D eigenvalue weighted by Crippen LogP contribution is -2.16. The molecule has 2 aromatic heterocycles. The highest BCUT2D eigenvalue weighted by Gasteiger charge is 2.36. The lowest BCUT2D eigenvalue weighted by molar-refractivity contribution is -0.140. The number of carbonyl (C=O) groups excluding carboxylic acids is 1. The van der Waals surface area contributed by atoms with Crippen molar-refractivity contribution in [3.05, 3.63) is 42.1 Å². The van der Waals surface area contributed by atoms with E-state index in [1.807, 2.05) is 0 Å². The molecule has 0 radical (unpaired) electrons. The number of hydrogen-bond donors (Lipinski definition) is 1. The molecule has 1 N–H and O–H groups in total. The highest BCUT2D eigenvalue weighted by Crippen LogP contribution is 2.35. The SMILES string of the molecule is CC(=O)Nc1ccc(-c2cncc(F)c2)nc1C(F)(F)F. The van der Waals surface area contributed by atoms with Crippen molar-refractivity contribution in [2.45, 2.75) is 13.1 Å². The van der Waals surface area contributed by atoms with Crippen molar-refractivity contribution in [2.75, 3.05) is 5.32 Å². The van der Waals surface area contributed by atoms with Crippen LogP contribution in [0.15, 0.2) is 30.6 Å². The lowest BCUT2D eigenvalue weighted by atomic mass is 10.1. The summed E-state index contributed by atoms with van der Waals surface area (Å²) in [5.41, 5.74) is -1.69. The van der Waals surface area contributed by atoms with Crippen LogP contribution in [0.2, 0.25) is 0 Å². The van der Waals surface area contributed by atoms with Crippen LogP contribution in [0.3, 0.4) is 0 Å². The molecule has 8 heteroatoms. The average Bonchev–Trinajstić information content (AvgIpc) is 2.37. The fraction of sp³-hybridized carbons (Fsp3) is 0.154. The smallest absolute Gasteiger partial charge is 0.324 e. The molecule has 0 spiro atoms. The van der Waals surface area contributed by atoms with E-state index in [0.717, 1.165) is 25.3 Å². The first kappa shape index (κ1) is 14.9. The van der Waals surface area contributed by atoms with Crippen molar-refractivity contribution in [3.8, 4) is 11.3 Å². The van der Waals surface area contributed by atoms with Gasteiger partial charge >= 0.3 is 6.18 Å². The van der Waals surface area contributed by atoms with Gasteiger partial charge in [-0.05, 0) is 18.2 Å². The molecule has 0 atom stereocenters. The van der Waals surface area contributed by atoms with Gasteiger partial charge in [-0.1, -0.05) is 0 Å². The van der Waals surface area contributed by atoms with Crippen LogP contribution < -0.4 is 5.32 Å². The Morgan fingerprint density at radius 3 is 2.52 bits per heavy atom. The maximum absolute atomic E-state index is 13.1. The summed E-state index contributed by atoms with van der Waals surface area (Å²) in [6.07, 6.45) is -2.63. The Bertz CT molecular complexity index is 685. The van der Waals surface area contributed by atoms with Crippen LogP contribution in [0, 0.1) is 5.82 Å². The molecule has 21 heavy (non-hydrogen) atoms. The molecule has 0 saturated heterocycles. The van der Waals surface area contributed by atoms with Crippen molar-refractivity contribution >= 4 is 11.6 Å². The predicted octanol–water partition coefficient (Wildman–Crippen LogP) is 3.26. The predicted molar refractivity (Wildman–Crippen MR) is 66.7 cm³/mol. The monoisotopic (exact) mass is 299 g/mol. The van der Waals surface area contributed by atoms with Crippen LogP contribution in [-0.4, -0.2) is 15.9 Å². The van der Waals surface area contributed by atoms with Crippen molar-refractivity contribution in [2.24, 2.45) is 0 Å². The average molecular weight is 299 g/mol. The molecule has 0 bridgehead atoms. The molecule has 0 saturated carbocycles. The molecule has 2 aromatic rings. The maximum Gasteiger partial charge on any atom is 0.435 e. The molecular formula is C13H9F4N3O. The van der Waals surface area contributed by atoms with Gasteiger partial charge in [0.2, 0.25) is 5.91 Å². The molecule has 0 unspecified atom stereocenters. The first-order valence-corrected chi connectivity index (χ1v) is 5.74. The third-order valence-electron chi connectivity index (χ3n) is 2.48. The van der Waals surface area contributed by atoms with Gasteiger partial charge in [0, 0.05) is 18.7 Å². The number of carbonyl (C=O) groups is 1. The molecular weight excluding hydrogens is 290 g/mol. The van der Waals surface area contributed by atoms with Gasteiger partial charge in [0.1, 0.15) is 5.82 Å². The standard InChI is InChI=1S/C13H9F4N3O/c1-7(21)19-11-3-2-10(20-12(11)13(15,16)17)8-4-9(14)6-18-5-8/h2-6H,1H3,(H,19,21). The molecule has 0 aromatic carbocycles. The van der Waals surface area contributed by atoms with Crippen LogP contribution in [-0.2, 0) is 11.0 Å². The highest BCUT2D eigenvalue weighted by molar-refractivity contribution is 5.89. The van der Waals surface area contributed by atoms with Gasteiger partial charge in [-0.25, -0.2) is 9.37 Å². The van der Waals surface area contributed by atoms with E-state index in [0.29, 0.717) is 0 Å². The fourth-order valence-corrected chi connectivity index (χ4v) is 1.68. The topological polar surface area (TPSA) is 54.9 Å². The summed E-state index contributed by atoms with van der Waals surface area (Å²) in [6, 6.07) is 3.34. The maximum atomic E-state index is 13.1. The molecule has 0 aliphatic carbocycles. The van der Waals surface area contributed by atoms with Crippen LogP contribution >= 0.6 is 0 Å². The number of rotatable bonds is 2. The second-order valence-electron chi connectivity index (χ2n) is 4.16. The number of hydrogen-bond acceptors (Lipinski definition) is 3. The zero-order chi connectivity index (χ0) is 15.6. The van der Waals surface area contributed by atoms with E-state index in [4.69, 9.17) is 0 Å². The zero-order valence-corrected chi connectivity index (χ0v) is 10.7. The Morgan fingerprint density at radius 1 is 1.24 bits per heavy atom. The summed E-state index contributed by atoms with van der Waals surface area (Å²) < 4.78 is 52.0. The number of nitrogens with zero attached hydrogens (tertiary/aromatic N) is 2. The summed E-state index contributed by atoms with van der Waals surface area (Å²) in [7, 11) is 0. The van der Waals surface area contributed by atoms with Crippen molar-refractivity contribution in [1.29, 1.82) is 0 Å². The van der Waals surface area contributed by atoms with Crippen LogP contribution in [0.4, 0.5) is 23.2 Å². The molecule has 2 heterocycles. The Hall–Kier alpha value is -2.51. The molecule has 110 valence electrons. The summed E-state index contributed by atoms with van der Waals surface area (Å²) in [5.74, 6) is -1.34. The first-order chi connectivity index (χ1) is 9.77. The quantitative estimate of drug-likeness (QED) is 0.866. The van der Waals surface area contributed by atoms with Crippen molar-refractivity contribution in [1.82, 2.24) is 9.97 Å². The Balaban J connectivity index is 2.54. The van der Waals surface area contributed by atoms with Gasteiger partial charge in [0.05, 0.1) is 17.6 Å². The van der Waals surface area contributed by atoms with Crippen molar-refractivity contribution in [3.63, 3.8) is 0 Å². The minimum Gasteiger partial charge on any atom is -0.324 e. The lowest BCUT2D eigenvalue weighted by Gasteiger charge is -2.13. The molecule has 0 fully saturated rings. The second-order valence-corrected chi connectivity index (χ2v) is 4.16. The number of alkyl halides is 3. The van der Waals surface area contributed by atoms with Gasteiger partial charge in [-0.2, -0.15) is 13.2 Å². The minimum atomic E-state index is -4.76. The summed E-state index contributed by atoms with van der Waals surface area (Å²) in [5, 5.41) is 2.06. The van der Waals surface area contributed by atoms with Gasteiger partial charge < -0.3 is 5.32 Å². The van der Waals surface area contributed by atoms with Crippen LogP contribution in [0.1, 0.15) is 12.6 Å². The zero-order valence-electron chi connectivity index (χ0n) is 10.7. The third-order valence-corrected chi connectivity index (χ3v) is 2.48. The first-order valence-electron chi connectivity index (χ1n) is 5.74. The van der Waals surface area contributed by atoms with Crippen molar-refractivity contribution < 1.29 is 22.4 Å². The third kappa shape index (κ3) is 3.53. The van der Waals surface area contributed by atoms with E-state index in [9.17, 15) is 22.4 Å². The summed E-state index contributed by atoms with van der Waals surface area (Å²) in [6.45, 7) is 1.09. The minimum absolute atomic E-state index is 0.0940. The largest absolute Gasteiger partial charge is 0.435 e. The summed E-state index contributed by atoms with van der Waals surface area (Å²) in [4.78, 5) is 17.9. The van der Waals surface area contributed by atoms with E-state index >= 15 is 0 Å². The van der Waals surface area contributed by atoms with E-state index in [2.05, 4.69) is 15.3 Å². The number of anilines is 1. The highest BCUT2D eigenvalue weighted by atomic mass is 19.4.